The smallest absolute Gasteiger partial charge is 0.258 e. The molecule has 0 saturated heterocycles. The van der Waals surface area contributed by atoms with Gasteiger partial charge < -0.3 is 19.2 Å². The second-order valence-corrected chi connectivity index (χ2v) is 8.50. The second kappa shape index (κ2) is 12.2. The Morgan fingerprint density at radius 3 is 2.66 bits per heavy atom. The van der Waals surface area contributed by atoms with Crippen LogP contribution in [0.3, 0.4) is 0 Å². The Morgan fingerprint density at radius 1 is 1.20 bits per heavy atom. The zero-order valence-corrected chi connectivity index (χ0v) is 21.3. The zero-order valence-electron chi connectivity index (χ0n) is 20.5. The molecule has 0 aliphatic rings. The lowest BCUT2D eigenvalue weighted by molar-refractivity contribution is -0.123. The number of ether oxygens (including phenoxy) is 2. The quantitative estimate of drug-likeness (QED) is 0.345. The van der Waals surface area contributed by atoms with E-state index in [0.717, 1.165) is 34.3 Å². The van der Waals surface area contributed by atoms with E-state index in [2.05, 4.69) is 38.7 Å². The topological polar surface area (TPSA) is 115 Å². The van der Waals surface area contributed by atoms with E-state index in [1.54, 1.807) is 31.3 Å². The molecule has 0 spiro atoms. The summed E-state index contributed by atoms with van der Waals surface area (Å²) < 4.78 is 16.1. The first kappa shape index (κ1) is 26.0. The molecule has 10 heteroatoms. The lowest BCUT2D eigenvalue weighted by Crippen LogP contribution is -2.34. The standard InChI is InChI=1S/C15H19N3O4.C10H11ClN2/c1-9(2)16-14(19)8-21-12-6-5-11(7-13(12)20-4)15-18-17-10(3)22-15;1-2-3-7-4-5-9-8(10(7)11)6-12-13-9/h5-7,9H,8H2,1-4H3,(H,16,19);4-6H,2-3H2,1H3,(H,12,13). The van der Waals surface area contributed by atoms with Gasteiger partial charge >= 0.3 is 0 Å². The minimum Gasteiger partial charge on any atom is -0.493 e. The third-order valence-corrected chi connectivity index (χ3v) is 5.35. The Kier molecular flexibility index (Phi) is 9.08. The molecule has 9 nitrogen and oxygen atoms in total. The van der Waals surface area contributed by atoms with Crippen molar-refractivity contribution in [3.8, 4) is 23.0 Å². The summed E-state index contributed by atoms with van der Waals surface area (Å²) in [5.41, 5.74) is 2.93. The third kappa shape index (κ3) is 6.95. The summed E-state index contributed by atoms with van der Waals surface area (Å²) in [6.45, 7) is 7.57. The van der Waals surface area contributed by atoms with Gasteiger partial charge in [-0.2, -0.15) is 5.10 Å². The van der Waals surface area contributed by atoms with Crippen molar-refractivity contribution in [2.75, 3.05) is 13.7 Å². The molecule has 0 saturated carbocycles. The molecule has 2 N–H and O–H groups in total. The zero-order chi connectivity index (χ0) is 25.4. The molecular weight excluding hydrogens is 470 g/mol. The number of aromatic nitrogens is 4. The van der Waals surface area contributed by atoms with Gasteiger partial charge in [0.1, 0.15) is 0 Å². The van der Waals surface area contributed by atoms with Crippen LogP contribution in [0.1, 0.15) is 38.6 Å². The minimum atomic E-state index is -0.186. The number of aromatic amines is 1. The fraction of sp³-hybridized carbons (Fsp3) is 0.360. The highest BCUT2D eigenvalue weighted by atomic mass is 35.5. The Balaban J connectivity index is 0.000000223. The fourth-order valence-corrected chi connectivity index (χ4v) is 3.64. The van der Waals surface area contributed by atoms with Gasteiger partial charge in [0.25, 0.3) is 5.91 Å². The first-order chi connectivity index (χ1) is 16.8. The van der Waals surface area contributed by atoms with Crippen molar-refractivity contribution < 1.29 is 18.7 Å². The maximum absolute atomic E-state index is 11.6. The average Bonchev–Trinajstić information content (AvgIpc) is 3.49. The number of hydrogen-bond acceptors (Lipinski definition) is 7. The molecule has 2 heterocycles. The second-order valence-electron chi connectivity index (χ2n) is 8.12. The van der Waals surface area contributed by atoms with Gasteiger partial charge in [-0.25, -0.2) is 0 Å². The molecule has 2 aromatic heterocycles. The van der Waals surface area contributed by atoms with Crippen LogP contribution < -0.4 is 14.8 Å². The molecule has 0 radical (unpaired) electrons. The number of rotatable bonds is 8. The summed E-state index contributed by atoms with van der Waals surface area (Å²) in [7, 11) is 1.53. The van der Waals surface area contributed by atoms with Crippen LogP contribution in [0, 0.1) is 6.92 Å². The summed E-state index contributed by atoms with van der Waals surface area (Å²) in [6, 6.07) is 9.36. The number of carbonyl (C=O) groups is 1. The molecule has 2 aromatic carbocycles. The fourth-order valence-electron chi connectivity index (χ4n) is 3.33. The minimum absolute atomic E-state index is 0.0705. The molecule has 0 aliphatic heterocycles. The van der Waals surface area contributed by atoms with Gasteiger partial charge in [-0.15, -0.1) is 10.2 Å². The first-order valence-corrected chi connectivity index (χ1v) is 11.7. The lowest BCUT2D eigenvalue weighted by atomic mass is 10.1. The Labute approximate surface area is 209 Å². The summed E-state index contributed by atoms with van der Waals surface area (Å²) in [4.78, 5) is 11.6. The number of H-pyrrole nitrogens is 1. The van der Waals surface area contributed by atoms with Crippen LogP contribution in [-0.2, 0) is 11.2 Å². The largest absolute Gasteiger partial charge is 0.493 e. The molecule has 0 atom stereocenters. The van der Waals surface area contributed by atoms with Gasteiger partial charge in [-0.1, -0.05) is 31.0 Å². The molecule has 0 aliphatic carbocycles. The molecule has 186 valence electrons. The SMILES string of the molecule is CCCc1ccc2[nH]ncc2c1Cl.COc1cc(-c2nnc(C)o2)ccc1OCC(=O)NC(C)C. The van der Waals surface area contributed by atoms with Crippen molar-refractivity contribution in [2.45, 2.75) is 46.6 Å². The highest BCUT2D eigenvalue weighted by molar-refractivity contribution is 6.36. The Hall–Kier alpha value is -3.59. The van der Waals surface area contributed by atoms with Crippen molar-refractivity contribution in [2.24, 2.45) is 0 Å². The molecule has 35 heavy (non-hydrogen) atoms. The van der Waals surface area contributed by atoms with Gasteiger partial charge in [-0.05, 0) is 50.1 Å². The predicted octanol–water partition coefficient (Wildman–Crippen LogP) is 5.13. The highest BCUT2D eigenvalue weighted by Gasteiger charge is 2.13. The van der Waals surface area contributed by atoms with Crippen LogP contribution in [-0.4, -0.2) is 46.1 Å². The molecule has 0 unspecified atom stereocenters. The Bertz CT molecular complexity index is 1270. The van der Waals surface area contributed by atoms with Gasteiger partial charge in [0, 0.05) is 23.9 Å². The van der Waals surface area contributed by atoms with Crippen LogP contribution in [0.25, 0.3) is 22.4 Å². The van der Waals surface area contributed by atoms with Crippen molar-refractivity contribution in [3.05, 3.63) is 53.0 Å². The predicted molar refractivity (Wildman–Crippen MR) is 135 cm³/mol. The first-order valence-electron chi connectivity index (χ1n) is 11.3. The number of nitrogens with one attached hydrogen (secondary N) is 2. The van der Waals surface area contributed by atoms with Gasteiger partial charge in [-0.3, -0.25) is 9.89 Å². The van der Waals surface area contributed by atoms with Crippen molar-refractivity contribution >= 4 is 28.4 Å². The number of hydrogen-bond donors (Lipinski definition) is 2. The maximum atomic E-state index is 11.6. The number of nitrogens with zero attached hydrogens (tertiary/aromatic N) is 3. The van der Waals surface area contributed by atoms with Gasteiger partial charge in [0.2, 0.25) is 11.8 Å². The van der Waals surface area contributed by atoms with E-state index in [1.165, 1.54) is 12.7 Å². The van der Waals surface area contributed by atoms with Crippen LogP contribution in [0.4, 0.5) is 0 Å². The van der Waals surface area contributed by atoms with Crippen molar-refractivity contribution in [1.29, 1.82) is 0 Å². The average molecular weight is 500 g/mol. The van der Waals surface area contributed by atoms with Gasteiger partial charge in [0.05, 0.1) is 23.8 Å². The summed E-state index contributed by atoms with van der Waals surface area (Å²) in [5, 5.41) is 19.2. The van der Waals surface area contributed by atoms with Crippen LogP contribution in [0.15, 0.2) is 40.9 Å². The monoisotopic (exact) mass is 499 g/mol. The van der Waals surface area contributed by atoms with Crippen LogP contribution in [0.5, 0.6) is 11.5 Å². The number of fused-ring (bicyclic) bond motifs is 1. The number of benzene rings is 2. The normalized spacial score (nSPS) is 10.7. The maximum Gasteiger partial charge on any atom is 0.258 e. The van der Waals surface area contributed by atoms with Crippen molar-refractivity contribution in [3.63, 3.8) is 0 Å². The van der Waals surface area contributed by atoms with Crippen molar-refractivity contribution in [1.82, 2.24) is 25.7 Å². The summed E-state index contributed by atoms with van der Waals surface area (Å²) in [5.74, 6) is 1.67. The molecule has 0 fully saturated rings. The van der Waals surface area contributed by atoms with E-state index in [0.29, 0.717) is 23.3 Å². The number of aryl methyl sites for hydroxylation is 2. The van der Waals surface area contributed by atoms with E-state index in [-0.39, 0.29) is 18.6 Å². The van der Waals surface area contributed by atoms with E-state index < -0.39 is 0 Å². The summed E-state index contributed by atoms with van der Waals surface area (Å²) in [6.07, 6.45) is 3.92. The highest BCUT2D eigenvalue weighted by Crippen LogP contribution is 2.32. The van der Waals surface area contributed by atoms with E-state index in [4.69, 9.17) is 25.5 Å². The molecular formula is C25H30ClN5O4. The number of halogens is 1. The van der Waals surface area contributed by atoms with E-state index >= 15 is 0 Å². The Morgan fingerprint density at radius 2 is 2.00 bits per heavy atom. The van der Waals surface area contributed by atoms with Crippen LogP contribution in [0.2, 0.25) is 5.02 Å². The molecule has 1 amide bonds. The molecule has 4 aromatic rings. The van der Waals surface area contributed by atoms with E-state index in [9.17, 15) is 4.79 Å². The lowest BCUT2D eigenvalue weighted by Gasteiger charge is -2.12. The molecule has 4 rings (SSSR count). The number of amides is 1. The van der Waals surface area contributed by atoms with Gasteiger partial charge in [0.15, 0.2) is 18.1 Å². The third-order valence-electron chi connectivity index (χ3n) is 4.90. The van der Waals surface area contributed by atoms with E-state index in [1.807, 2.05) is 19.9 Å². The van der Waals surface area contributed by atoms with Crippen LogP contribution >= 0.6 is 11.6 Å². The molecule has 0 bridgehead atoms. The number of carbonyl (C=O) groups excluding carboxylic acids is 1. The number of methoxy groups -OCH3 is 1. The summed E-state index contributed by atoms with van der Waals surface area (Å²) >= 11 is 6.20.